The van der Waals surface area contributed by atoms with Gasteiger partial charge >= 0.3 is 0 Å². The van der Waals surface area contributed by atoms with Crippen LogP contribution in [0, 0.1) is 24.1 Å². The third-order valence-electron chi connectivity index (χ3n) is 1.72. The Morgan fingerprint density at radius 1 is 1.64 bits per heavy atom. The maximum absolute atomic E-state index is 12.7. The highest BCUT2D eigenvalue weighted by molar-refractivity contribution is 5.32. The summed E-state index contributed by atoms with van der Waals surface area (Å²) in [5.74, 6) is 0.247. The van der Waals surface area contributed by atoms with Crippen molar-refractivity contribution in [2.75, 3.05) is 6.61 Å². The summed E-state index contributed by atoms with van der Waals surface area (Å²) in [7, 11) is 0. The van der Waals surface area contributed by atoms with Crippen LogP contribution in [0.1, 0.15) is 5.56 Å². The Labute approximate surface area is 81.9 Å². The zero-order valence-corrected chi connectivity index (χ0v) is 7.83. The second kappa shape index (κ2) is 4.58. The summed E-state index contributed by atoms with van der Waals surface area (Å²) in [5.41, 5.74) is 6.03. The van der Waals surface area contributed by atoms with Gasteiger partial charge in [-0.1, -0.05) is 0 Å². The number of nitrogens with two attached hydrogens (primary N) is 1. The molecule has 1 atom stereocenters. The van der Waals surface area contributed by atoms with Crippen LogP contribution >= 0.6 is 0 Å². The van der Waals surface area contributed by atoms with E-state index in [1.54, 1.807) is 6.92 Å². The molecular weight excluding hydrogens is 183 g/mol. The van der Waals surface area contributed by atoms with Crippen molar-refractivity contribution in [1.29, 1.82) is 5.26 Å². The van der Waals surface area contributed by atoms with Crippen LogP contribution in [0.4, 0.5) is 4.39 Å². The molecule has 0 saturated carbocycles. The van der Waals surface area contributed by atoms with E-state index in [0.717, 1.165) is 0 Å². The fraction of sp³-hybridized carbons (Fsp3) is 0.300. The summed E-state index contributed by atoms with van der Waals surface area (Å²) < 4.78 is 17.9. The van der Waals surface area contributed by atoms with Gasteiger partial charge in [-0.3, -0.25) is 0 Å². The minimum atomic E-state index is -0.653. The van der Waals surface area contributed by atoms with E-state index in [1.807, 2.05) is 6.07 Å². The summed E-state index contributed by atoms with van der Waals surface area (Å²) in [6, 6.07) is 5.39. The van der Waals surface area contributed by atoms with Gasteiger partial charge in [-0.2, -0.15) is 5.26 Å². The zero-order valence-electron chi connectivity index (χ0n) is 7.83. The first-order valence-corrected chi connectivity index (χ1v) is 4.17. The van der Waals surface area contributed by atoms with Gasteiger partial charge in [0.2, 0.25) is 0 Å². The van der Waals surface area contributed by atoms with Gasteiger partial charge in [0.25, 0.3) is 0 Å². The normalized spacial score (nSPS) is 11.9. The SMILES string of the molecule is Cc1cc(F)ccc1OCC(N)C#N. The van der Waals surface area contributed by atoms with Crippen molar-refractivity contribution in [3.05, 3.63) is 29.6 Å². The molecule has 0 aliphatic heterocycles. The third-order valence-corrected chi connectivity index (χ3v) is 1.72. The molecule has 0 aromatic heterocycles. The van der Waals surface area contributed by atoms with Gasteiger partial charge in [-0.15, -0.1) is 0 Å². The van der Waals surface area contributed by atoms with Crippen LogP contribution in [0.3, 0.4) is 0 Å². The Balaban J connectivity index is 2.64. The number of ether oxygens (including phenoxy) is 1. The van der Waals surface area contributed by atoms with E-state index in [-0.39, 0.29) is 12.4 Å². The Morgan fingerprint density at radius 3 is 2.93 bits per heavy atom. The van der Waals surface area contributed by atoms with Crippen LogP contribution in [0.2, 0.25) is 0 Å². The van der Waals surface area contributed by atoms with Gasteiger partial charge in [-0.25, -0.2) is 4.39 Å². The van der Waals surface area contributed by atoms with Crippen LogP contribution in [0.15, 0.2) is 18.2 Å². The highest BCUT2D eigenvalue weighted by Crippen LogP contribution is 2.18. The van der Waals surface area contributed by atoms with E-state index in [9.17, 15) is 4.39 Å². The van der Waals surface area contributed by atoms with Crippen molar-refractivity contribution in [2.24, 2.45) is 5.73 Å². The maximum Gasteiger partial charge on any atom is 0.127 e. The average molecular weight is 194 g/mol. The minimum absolute atomic E-state index is 0.114. The van der Waals surface area contributed by atoms with Crippen molar-refractivity contribution in [1.82, 2.24) is 0 Å². The Bertz CT molecular complexity index is 360. The number of benzene rings is 1. The molecule has 0 saturated heterocycles. The van der Waals surface area contributed by atoms with Crippen LogP contribution in [-0.4, -0.2) is 12.6 Å². The van der Waals surface area contributed by atoms with Crippen molar-refractivity contribution < 1.29 is 9.13 Å². The standard InChI is InChI=1S/C10H11FN2O/c1-7-4-8(11)2-3-10(7)14-6-9(13)5-12/h2-4,9H,6,13H2,1H3. The van der Waals surface area contributed by atoms with Gasteiger partial charge in [-0.05, 0) is 30.7 Å². The van der Waals surface area contributed by atoms with Crippen LogP contribution in [0.25, 0.3) is 0 Å². The number of hydrogen-bond donors (Lipinski definition) is 1. The number of aryl methyl sites for hydroxylation is 1. The predicted molar refractivity (Wildman–Crippen MR) is 50.2 cm³/mol. The van der Waals surface area contributed by atoms with E-state index in [1.165, 1.54) is 18.2 Å². The molecule has 1 unspecified atom stereocenters. The van der Waals surface area contributed by atoms with Crippen molar-refractivity contribution >= 4 is 0 Å². The summed E-state index contributed by atoms with van der Waals surface area (Å²) in [5, 5.41) is 8.41. The van der Waals surface area contributed by atoms with Crippen LogP contribution in [-0.2, 0) is 0 Å². The van der Waals surface area contributed by atoms with Gasteiger partial charge in [0.15, 0.2) is 0 Å². The first kappa shape index (κ1) is 10.5. The second-order valence-electron chi connectivity index (χ2n) is 2.96. The Morgan fingerprint density at radius 2 is 2.36 bits per heavy atom. The van der Waals surface area contributed by atoms with Crippen LogP contribution in [0.5, 0.6) is 5.75 Å². The summed E-state index contributed by atoms with van der Waals surface area (Å²) >= 11 is 0. The quantitative estimate of drug-likeness (QED) is 0.790. The summed E-state index contributed by atoms with van der Waals surface area (Å²) in [4.78, 5) is 0. The second-order valence-corrected chi connectivity index (χ2v) is 2.96. The van der Waals surface area contributed by atoms with Crippen molar-refractivity contribution in [3.63, 3.8) is 0 Å². The monoisotopic (exact) mass is 194 g/mol. The van der Waals surface area contributed by atoms with Crippen molar-refractivity contribution in [2.45, 2.75) is 13.0 Å². The zero-order chi connectivity index (χ0) is 10.6. The third kappa shape index (κ3) is 2.71. The van der Waals surface area contributed by atoms with Gasteiger partial charge < -0.3 is 10.5 Å². The lowest BCUT2D eigenvalue weighted by Gasteiger charge is -2.09. The molecular formula is C10H11FN2O. The average Bonchev–Trinajstić information content (AvgIpc) is 2.16. The molecule has 3 nitrogen and oxygen atoms in total. The molecule has 0 aliphatic carbocycles. The molecule has 4 heteroatoms. The molecule has 0 spiro atoms. The lowest BCUT2D eigenvalue weighted by Crippen LogP contribution is -2.25. The fourth-order valence-corrected chi connectivity index (χ4v) is 0.992. The molecule has 0 fully saturated rings. The van der Waals surface area contributed by atoms with E-state index in [2.05, 4.69) is 0 Å². The Kier molecular flexibility index (Phi) is 3.43. The number of nitrogens with zero attached hydrogens (tertiary/aromatic N) is 1. The molecule has 14 heavy (non-hydrogen) atoms. The number of hydrogen-bond acceptors (Lipinski definition) is 3. The highest BCUT2D eigenvalue weighted by Gasteiger charge is 2.04. The molecule has 0 heterocycles. The maximum atomic E-state index is 12.7. The summed E-state index contributed by atoms with van der Waals surface area (Å²) in [6.45, 7) is 1.85. The molecule has 0 aliphatic rings. The molecule has 1 rings (SSSR count). The first-order valence-electron chi connectivity index (χ1n) is 4.17. The predicted octanol–water partition coefficient (Wildman–Crippen LogP) is 1.36. The number of rotatable bonds is 3. The Hall–Kier alpha value is -1.60. The van der Waals surface area contributed by atoms with E-state index >= 15 is 0 Å². The number of halogens is 1. The molecule has 0 amide bonds. The van der Waals surface area contributed by atoms with Crippen molar-refractivity contribution in [3.8, 4) is 11.8 Å². The number of nitriles is 1. The van der Waals surface area contributed by atoms with Gasteiger partial charge in [0, 0.05) is 0 Å². The molecule has 1 aromatic carbocycles. The van der Waals surface area contributed by atoms with Crippen LogP contribution < -0.4 is 10.5 Å². The molecule has 0 radical (unpaired) electrons. The summed E-state index contributed by atoms with van der Waals surface area (Å²) in [6.07, 6.45) is 0. The fourth-order valence-electron chi connectivity index (χ4n) is 0.992. The van der Waals surface area contributed by atoms with E-state index < -0.39 is 6.04 Å². The smallest absolute Gasteiger partial charge is 0.127 e. The first-order chi connectivity index (χ1) is 6.63. The highest BCUT2D eigenvalue weighted by atomic mass is 19.1. The van der Waals surface area contributed by atoms with Gasteiger partial charge in [0.05, 0.1) is 6.07 Å². The lowest BCUT2D eigenvalue weighted by atomic mass is 10.2. The largest absolute Gasteiger partial charge is 0.491 e. The minimum Gasteiger partial charge on any atom is -0.491 e. The van der Waals surface area contributed by atoms with Gasteiger partial charge in [0.1, 0.15) is 24.2 Å². The van der Waals surface area contributed by atoms with E-state index in [4.69, 9.17) is 15.7 Å². The molecule has 1 aromatic rings. The lowest BCUT2D eigenvalue weighted by molar-refractivity contribution is 0.306. The molecule has 0 bridgehead atoms. The van der Waals surface area contributed by atoms with E-state index in [0.29, 0.717) is 11.3 Å². The molecule has 74 valence electrons. The topological polar surface area (TPSA) is 59.0 Å². The molecule has 2 N–H and O–H groups in total.